The van der Waals surface area contributed by atoms with Gasteiger partial charge in [0.25, 0.3) is 0 Å². The maximum atomic E-state index is 12.1. The molecule has 4 nitrogen and oxygen atoms in total. The molecule has 1 unspecified atom stereocenters. The van der Waals surface area contributed by atoms with Gasteiger partial charge in [0, 0.05) is 17.9 Å². The summed E-state index contributed by atoms with van der Waals surface area (Å²) < 4.78 is 5.45. The SMILES string of the molecule is CC(C)(C)OC(=O)C1CCc2cc(N)ccc2NC1. The minimum Gasteiger partial charge on any atom is -0.460 e. The van der Waals surface area contributed by atoms with Gasteiger partial charge in [-0.2, -0.15) is 0 Å². The largest absolute Gasteiger partial charge is 0.460 e. The van der Waals surface area contributed by atoms with Crippen LogP contribution in [0.5, 0.6) is 0 Å². The van der Waals surface area contributed by atoms with Crippen molar-refractivity contribution < 1.29 is 9.53 Å². The fourth-order valence-corrected chi connectivity index (χ4v) is 2.24. The van der Waals surface area contributed by atoms with Crippen LogP contribution in [0.4, 0.5) is 11.4 Å². The van der Waals surface area contributed by atoms with Crippen molar-refractivity contribution in [1.29, 1.82) is 0 Å². The maximum Gasteiger partial charge on any atom is 0.311 e. The summed E-state index contributed by atoms with van der Waals surface area (Å²) >= 11 is 0. The first kappa shape index (κ1) is 13.7. The molecule has 1 atom stereocenters. The number of fused-ring (bicyclic) bond motifs is 1. The van der Waals surface area contributed by atoms with Gasteiger partial charge in [-0.3, -0.25) is 4.79 Å². The molecular formula is C15H22N2O2. The lowest BCUT2D eigenvalue weighted by atomic mass is 10.0. The molecule has 0 saturated heterocycles. The highest BCUT2D eigenvalue weighted by Crippen LogP contribution is 2.26. The predicted octanol–water partition coefficient (Wildman–Crippen LogP) is 2.58. The first-order chi connectivity index (χ1) is 8.85. The van der Waals surface area contributed by atoms with Gasteiger partial charge in [-0.15, -0.1) is 0 Å². The van der Waals surface area contributed by atoms with Crippen molar-refractivity contribution in [2.24, 2.45) is 5.92 Å². The molecule has 4 heteroatoms. The van der Waals surface area contributed by atoms with E-state index < -0.39 is 5.60 Å². The van der Waals surface area contributed by atoms with E-state index in [9.17, 15) is 4.79 Å². The predicted molar refractivity (Wildman–Crippen MR) is 77.0 cm³/mol. The Bertz CT molecular complexity index is 478. The molecule has 0 radical (unpaired) electrons. The zero-order chi connectivity index (χ0) is 14.0. The summed E-state index contributed by atoms with van der Waals surface area (Å²) in [6, 6.07) is 5.82. The molecule has 0 amide bonds. The molecule has 2 rings (SSSR count). The molecule has 1 aromatic carbocycles. The maximum absolute atomic E-state index is 12.1. The van der Waals surface area contributed by atoms with Crippen LogP contribution >= 0.6 is 0 Å². The Kier molecular flexibility index (Phi) is 3.69. The van der Waals surface area contributed by atoms with Gasteiger partial charge in [0.05, 0.1) is 5.92 Å². The molecule has 0 aromatic heterocycles. The van der Waals surface area contributed by atoms with Gasteiger partial charge < -0.3 is 15.8 Å². The molecule has 0 fully saturated rings. The normalized spacial score (nSPS) is 19.0. The van der Waals surface area contributed by atoms with Crippen LogP contribution in [-0.4, -0.2) is 18.1 Å². The number of esters is 1. The third-order valence-corrected chi connectivity index (χ3v) is 3.17. The quantitative estimate of drug-likeness (QED) is 0.603. The van der Waals surface area contributed by atoms with Gasteiger partial charge in [0.15, 0.2) is 0 Å². The van der Waals surface area contributed by atoms with Crippen molar-refractivity contribution in [2.45, 2.75) is 39.2 Å². The van der Waals surface area contributed by atoms with Crippen LogP contribution in [0.25, 0.3) is 0 Å². The Morgan fingerprint density at radius 3 is 2.84 bits per heavy atom. The van der Waals surface area contributed by atoms with Crippen molar-refractivity contribution in [3.63, 3.8) is 0 Å². The van der Waals surface area contributed by atoms with Crippen LogP contribution < -0.4 is 11.1 Å². The van der Waals surface area contributed by atoms with E-state index in [1.165, 1.54) is 5.56 Å². The average Bonchev–Trinajstić information content (AvgIpc) is 2.48. The average molecular weight is 262 g/mol. The Balaban J connectivity index is 2.05. The molecule has 0 spiro atoms. The highest BCUT2D eigenvalue weighted by atomic mass is 16.6. The summed E-state index contributed by atoms with van der Waals surface area (Å²) in [4.78, 5) is 12.1. The standard InChI is InChI=1S/C15H22N2O2/c1-15(2,3)19-14(18)11-5-4-10-8-12(16)6-7-13(10)17-9-11/h6-8,11,17H,4-5,9,16H2,1-3H3. The lowest BCUT2D eigenvalue weighted by Gasteiger charge is -2.23. The summed E-state index contributed by atoms with van der Waals surface area (Å²) in [6.45, 7) is 6.30. The van der Waals surface area contributed by atoms with Crippen LogP contribution in [0, 0.1) is 5.92 Å². The smallest absolute Gasteiger partial charge is 0.311 e. The third kappa shape index (κ3) is 3.63. The molecule has 0 saturated carbocycles. The molecule has 1 aromatic rings. The second-order valence-corrected chi connectivity index (χ2v) is 6.07. The van der Waals surface area contributed by atoms with Crippen LogP contribution in [-0.2, 0) is 16.0 Å². The Labute approximate surface area is 114 Å². The number of nitrogen functional groups attached to an aromatic ring is 1. The summed E-state index contributed by atoms with van der Waals surface area (Å²) in [5, 5.41) is 3.31. The second kappa shape index (κ2) is 5.11. The number of anilines is 2. The van der Waals surface area contributed by atoms with Crippen LogP contribution in [0.2, 0.25) is 0 Å². The molecule has 0 bridgehead atoms. The molecule has 104 valence electrons. The van der Waals surface area contributed by atoms with Crippen molar-refractivity contribution in [3.8, 4) is 0 Å². The monoisotopic (exact) mass is 262 g/mol. The number of hydrogen-bond acceptors (Lipinski definition) is 4. The number of carbonyl (C=O) groups is 1. The minimum absolute atomic E-state index is 0.104. The van der Waals surface area contributed by atoms with Crippen molar-refractivity contribution >= 4 is 17.3 Å². The van der Waals surface area contributed by atoms with Gasteiger partial charge >= 0.3 is 5.97 Å². The van der Waals surface area contributed by atoms with Crippen molar-refractivity contribution in [3.05, 3.63) is 23.8 Å². The van der Waals surface area contributed by atoms with E-state index in [4.69, 9.17) is 10.5 Å². The molecular weight excluding hydrogens is 240 g/mol. The third-order valence-electron chi connectivity index (χ3n) is 3.17. The van der Waals surface area contributed by atoms with Gasteiger partial charge in [-0.05, 0) is 57.4 Å². The van der Waals surface area contributed by atoms with E-state index in [1.807, 2.05) is 39.0 Å². The Morgan fingerprint density at radius 2 is 2.16 bits per heavy atom. The molecule has 19 heavy (non-hydrogen) atoms. The summed E-state index contributed by atoms with van der Waals surface area (Å²) in [6.07, 6.45) is 1.63. The number of carbonyl (C=O) groups excluding carboxylic acids is 1. The van der Waals surface area contributed by atoms with E-state index in [-0.39, 0.29) is 11.9 Å². The van der Waals surface area contributed by atoms with E-state index >= 15 is 0 Å². The topological polar surface area (TPSA) is 64.3 Å². The summed E-state index contributed by atoms with van der Waals surface area (Å²) in [7, 11) is 0. The zero-order valence-electron chi connectivity index (χ0n) is 11.8. The number of nitrogens with two attached hydrogens (primary N) is 1. The number of hydrogen-bond donors (Lipinski definition) is 2. The van der Waals surface area contributed by atoms with Crippen molar-refractivity contribution in [1.82, 2.24) is 0 Å². The highest BCUT2D eigenvalue weighted by Gasteiger charge is 2.27. The second-order valence-electron chi connectivity index (χ2n) is 6.07. The number of ether oxygens (including phenoxy) is 1. The van der Waals surface area contributed by atoms with Crippen LogP contribution in [0.3, 0.4) is 0 Å². The van der Waals surface area contributed by atoms with Gasteiger partial charge in [0.2, 0.25) is 0 Å². The fourth-order valence-electron chi connectivity index (χ4n) is 2.24. The van der Waals surface area contributed by atoms with Crippen LogP contribution in [0.15, 0.2) is 18.2 Å². The number of rotatable bonds is 1. The number of nitrogens with one attached hydrogen (secondary N) is 1. The molecule has 1 aliphatic rings. The molecule has 1 heterocycles. The number of aryl methyl sites for hydroxylation is 1. The molecule has 0 aliphatic carbocycles. The minimum atomic E-state index is -0.430. The lowest BCUT2D eigenvalue weighted by Crippen LogP contribution is -2.31. The van der Waals surface area contributed by atoms with Gasteiger partial charge in [-0.1, -0.05) is 0 Å². The first-order valence-electron chi connectivity index (χ1n) is 6.70. The van der Waals surface area contributed by atoms with Gasteiger partial charge in [-0.25, -0.2) is 0 Å². The fraction of sp³-hybridized carbons (Fsp3) is 0.533. The van der Waals surface area contributed by atoms with E-state index in [0.29, 0.717) is 6.54 Å². The number of benzene rings is 1. The Morgan fingerprint density at radius 1 is 1.42 bits per heavy atom. The first-order valence-corrected chi connectivity index (χ1v) is 6.70. The van der Waals surface area contributed by atoms with E-state index in [1.54, 1.807) is 0 Å². The highest BCUT2D eigenvalue weighted by molar-refractivity contribution is 5.74. The lowest BCUT2D eigenvalue weighted by molar-refractivity contribution is -0.159. The molecule has 1 aliphatic heterocycles. The summed E-state index contributed by atoms with van der Waals surface area (Å²) in [5.74, 6) is -0.228. The molecule has 3 N–H and O–H groups in total. The van der Waals surface area contributed by atoms with E-state index in [0.717, 1.165) is 24.2 Å². The van der Waals surface area contributed by atoms with E-state index in [2.05, 4.69) is 5.32 Å². The van der Waals surface area contributed by atoms with Crippen molar-refractivity contribution in [2.75, 3.05) is 17.6 Å². The van der Waals surface area contributed by atoms with Crippen LogP contribution in [0.1, 0.15) is 32.8 Å². The summed E-state index contributed by atoms with van der Waals surface area (Å²) in [5.41, 5.74) is 8.36. The Hall–Kier alpha value is -1.71. The van der Waals surface area contributed by atoms with Gasteiger partial charge in [0.1, 0.15) is 5.60 Å². The zero-order valence-corrected chi connectivity index (χ0v) is 11.8.